The number of carboxylic acid groups (broad SMARTS) is 1. The fourth-order valence-electron chi connectivity index (χ4n) is 2.02. The number of carbonyl (C=O) groups excluding carboxylic acids is 1. The highest BCUT2D eigenvalue weighted by molar-refractivity contribution is 5.75. The maximum Gasteiger partial charge on any atom is 0.303 e. The van der Waals surface area contributed by atoms with Crippen LogP contribution in [0.25, 0.3) is 0 Å². The zero-order chi connectivity index (χ0) is 15.7. The molecule has 0 aliphatic rings. The molecule has 0 aromatic carbocycles. The molecule has 0 aliphatic carbocycles. The van der Waals surface area contributed by atoms with Crippen LogP contribution < -0.4 is 10.9 Å². The molecule has 1 rings (SSSR count). The number of aromatic nitrogens is 1. The predicted octanol–water partition coefficient (Wildman–Crippen LogP) is 1.31. The van der Waals surface area contributed by atoms with Gasteiger partial charge in [-0.25, -0.2) is 0 Å². The van der Waals surface area contributed by atoms with E-state index in [0.29, 0.717) is 19.5 Å². The number of amides is 1. The van der Waals surface area contributed by atoms with Crippen molar-refractivity contribution in [3.05, 3.63) is 34.2 Å². The van der Waals surface area contributed by atoms with Gasteiger partial charge in [0.25, 0.3) is 5.56 Å². The van der Waals surface area contributed by atoms with E-state index in [2.05, 4.69) is 5.32 Å². The summed E-state index contributed by atoms with van der Waals surface area (Å²) in [5.41, 5.74) is 0.737. The second-order valence-electron chi connectivity index (χ2n) is 4.96. The molecule has 116 valence electrons. The first-order valence-electron chi connectivity index (χ1n) is 7.15. The van der Waals surface area contributed by atoms with E-state index in [0.717, 1.165) is 18.5 Å². The third-order valence-electron chi connectivity index (χ3n) is 3.22. The molecule has 1 aromatic heterocycles. The normalized spacial score (nSPS) is 10.3. The smallest absolute Gasteiger partial charge is 0.303 e. The number of aliphatic carboxylic acids is 1. The molecule has 21 heavy (non-hydrogen) atoms. The Labute approximate surface area is 123 Å². The van der Waals surface area contributed by atoms with Gasteiger partial charge in [-0.1, -0.05) is 12.5 Å². The SMILES string of the molecule is Cc1cccc(=O)n1CCC(=O)NCCCCCC(=O)O. The Bertz CT molecular complexity index is 537. The van der Waals surface area contributed by atoms with Gasteiger partial charge in [0.05, 0.1) is 0 Å². The highest BCUT2D eigenvalue weighted by Gasteiger charge is 2.04. The Balaban J connectivity index is 2.20. The third kappa shape index (κ3) is 6.74. The lowest BCUT2D eigenvalue weighted by Crippen LogP contribution is -2.28. The van der Waals surface area contributed by atoms with Gasteiger partial charge in [0.1, 0.15) is 0 Å². The Morgan fingerprint density at radius 3 is 2.62 bits per heavy atom. The zero-order valence-corrected chi connectivity index (χ0v) is 12.3. The second-order valence-corrected chi connectivity index (χ2v) is 4.96. The number of hydrogen-bond acceptors (Lipinski definition) is 3. The quantitative estimate of drug-likeness (QED) is 0.672. The minimum absolute atomic E-state index is 0.0941. The van der Waals surface area contributed by atoms with Crippen molar-refractivity contribution in [2.45, 2.75) is 45.6 Å². The summed E-state index contributed by atoms with van der Waals surface area (Å²) < 4.78 is 1.58. The van der Waals surface area contributed by atoms with Crippen molar-refractivity contribution in [3.63, 3.8) is 0 Å². The molecule has 1 amide bonds. The van der Waals surface area contributed by atoms with Crippen LogP contribution in [0.15, 0.2) is 23.0 Å². The summed E-state index contributed by atoms with van der Waals surface area (Å²) in [4.78, 5) is 33.6. The van der Waals surface area contributed by atoms with E-state index >= 15 is 0 Å². The largest absolute Gasteiger partial charge is 0.481 e. The van der Waals surface area contributed by atoms with Gasteiger partial charge in [-0.2, -0.15) is 0 Å². The number of nitrogens with one attached hydrogen (secondary N) is 1. The Morgan fingerprint density at radius 2 is 1.95 bits per heavy atom. The number of unbranched alkanes of at least 4 members (excludes halogenated alkanes) is 2. The van der Waals surface area contributed by atoms with Crippen LogP contribution in [0.4, 0.5) is 0 Å². The molecule has 2 N–H and O–H groups in total. The van der Waals surface area contributed by atoms with Crippen LogP contribution in [0.3, 0.4) is 0 Å². The second kappa shape index (κ2) is 8.94. The topological polar surface area (TPSA) is 88.4 Å². The van der Waals surface area contributed by atoms with Gasteiger partial charge in [-0.3, -0.25) is 14.4 Å². The first-order chi connectivity index (χ1) is 10.0. The van der Waals surface area contributed by atoms with E-state index in [9.17, 15) is 14.4 Å². The summed E-state index contributed by atoms with van der Waals surface area (Å²) >= 11 is 0. The molecule has 0 unspecified atom stereocenters. The summed E-state index contributed by atoms with van der Waals surface area (Å²) in [5.74, 6) is -0.883. The molecule has 6 heteroatoms. The Hall–Kier alpha value is -2.11. The van der Waals surface area contributed by atoms with Crippen LogP contribution in [0.5, 0.6) is 0 Å². The van der Waals surface area contributed by atoms with E-state index in [4.69, 9.17) is 5.11 Å². The van der Waals surface area contributed by atoms with Crippen molar-refractivity contribution in [2.75, 3.05) is 6.54 Å². The number of carbonyl (C=O) groups is 2. The van der Waals surface area contributed by atoms with Crippen molar-refractivity contribution in [3.8, 4) is 0 Å². The lowest BCUT2D eigenvalue weighted by Gasteiger charge is -2.09. The molecule has 0 saturated heterocycles. The van der Waals surface area contributed by atoms with E-state index in [-0.39, 0.29) is 24.3 Å². The van der Waals surface area contributed by atoms with Crippen molar-refractivity contribution in [1.82, 2.24) is 9.88 Å². The summed E-state index contributed by atoms with van der Waals surface area (Å²) in [6.07, 6.45) is 2.61. The van der Waals surface area contributed by atoms with Crippen molar-refractivity contribution >= 4 is 11.9 Å². The van der Waals surface area contributed by atoms with Crippen LogP contribution in [-0.2, 0) is 16.1 Å². The van der Waals surface area contributed by atoms with Crippen LogP contribution in [0.1, 0.15) is 37.8 Å². The molecule has 0 atom stereocenters. The lowest BCUT2D eigenvalue weighted by atomic mass is 10.2. The van der Waals surface area contributed by atoms with Crippen molar-refractivity contribution < 1.29 is 14.7 Å². The van der Waals surface area contributed by atoms with Gasteiger partial charge < -0.3 is 15.0 Å². The highest BCUT2D eigenvalue weighted by Crippen LogP contribution is 1.99. The van der Waals surface area contributed by atoms with Gasteiger partial charge in [-0.05, 0) is 25.8 Å². The average molecular weight is 294 g/mol. The van der Waals surface area contributed by atoms with Crippen LogP contribution >= 0.6 is 0 Å². The number of hydrogen-bond donors (Lipinski definition) is 2. The molecule has 1 aromatic rings. The monoisotopic (exact) mass is 294 g/mol. The van der Waals surface area contributed by atoms with E-state index < -0.39 is 5.97 Å². The molecule has 1 heterocycles. The average Bonchev–Trinajstić information content (AvgIpc) is 2.41. The Morgan fingerprint density at radius 1 is 1.19 bits per heavy atom. The fourth-order valence-corrected chi connectivity index (χ4v) is 2.02. The Kier molecular flexibility index (Phi) is 7.21. The lowest BCUT2D eigenvalue weighted by molar-refractivity contribution is -0.137. The zero-order valence-electron chi connectivity index (χ0n) is 12.3. The molecule has 0 bridgehead atoms. The molecule has 0 radical (unpaired) electrons. The first kappa shape index (κ1) is 16.9. The maximum absolute atomic E-state index is 11.7. The first-order valence-corrected chi connectivity index (χ1v) is 7.15. The number of aryl methyl sites for hydroxylation is 1. The number of nitrogens with zero attached hydrogens (tertiary/aromatic N) is 1. The predicted molar refractivity (Wildman–Crippen MR) is 79.2 cm³/mol. The van der Waals surface area contributed by atoms with Gasteiger partial charge in [0.15, 0.2) is 0 Å². The highest BCUT2D eigenvalue weighted by atomic mass is 16.4. The van der Waals surface area contributed by atoms with Gasteiger partial charge in [-0.15, -0.1) is 0 Å². The van der Waals surface area contributed by atoms with Gasteiger partial charge >= 0.3 is 5.97 Å². The van der Waals surface area contributed by atoms with Gasteiger partial charge in [0, 0.05) is 37.7 Å². The minimum atomic E-state index is -0.789. The van der Waals surface area contributed by atoms with Gasteiger partial charge in [0.2, 0.25) is 5.91 Å². The number of carboxylic acids is 1. The summed E-state index contributed by atoms with van der Waals surface area (Å²) in [7, 11) is 0. The number of rotatable bonds is 9. The molecule has 0 saturated carbocycles. The minimum Gasteiger partial charge on any atom is -0.481 e. The summed E-state index contributed by atoms with van der Waals surface area (Å²) in [5, 5.41) is 11.3. The molecular weight excluding hydrogens is 272 g/mol. The number of pyridine rings is 1. The summed E-state index contributed by atoms with van der Waals surface area (Å²) in [6, 6.07) is 5.01. The third-order valence-corrected chi connectivity index (χ3v) is 3.22. The molecule has 0 spiro atoms. The standard InChI is InChI=1S/C15H22N2O4/c1-12-6-5-7-14(19)17(12)11-9-13(18)16-10-4-2-3-8-15(20)21/h5-7H,2-4,8-11H2,1H3,(H,16,18)(H,20,21). The van der Waals surface area contributed by atoms with Crippen LogP contribution in [0, 0.1) is 6.92 Å². The van der Waals surface area contributed by atoms with Crippen LogP contribution in [0.2, 0.25) is 0 Å². The molecule has 0 aliphatic heterocycles. The van der Waals surface area contributed by atoms with Crippen molar-refractivity contribution in [2.24, 2.45) is 0 Å². The van der Waals surface area contributed by atoms with Crippen molar-refractivity contribution in [1.29, 1.82) is 0 Å². The van der Waals surface area contributed by atoms with Crippen LogP contribution in [-0.4, -0.2) is 28.1 Å². The van der Waals surface area contributed by atoms with E-state index in [1.807, 2.05) is 13.0 Å². The van der Waals surface area contributed by atoms with E-state index in [1.54, 1.807) is 10.6 Å². The molecular formula is C15H22N2O4. The molecule has 0 fully saturated rings. The summed E-state index contributed by atoms with van der Waals surface area (Å²) in [6.45, 7) is 2.75. The fraction of sp³-hybridized carbons (Fsp3) is 0.533. The maximum atomic E-state index is 11.7. The van der Waals surface area contributed by atoms with E-state index in [1.165, 1.54) is 6.07 Å². The molecule has 6 nitrogen and oxygen atoms in total.